The number of carbonyl (C=O) groups excluding carboxylic acids is 1. The molecule has 1 aromatic carbocycles. The van der Waals surface area contributed by atoms with E-state index in [2.05, 4.69) is 5.32 Å². The summed E-state index contributed by atoms with van der Waals surface area (Å²) >= 11 is 5.68. The summed E-state index contributed by atoms with van der Waals surface area (Å²) in [5.74, 6) is -0.296. The van der Waals surface area contributed by atoms with Crippen molar-refractivity contribution in [3.63, 3.8) is 0 Å². The lowest BCUT2D eigenvalue weighted by atomic mass is 10.3. The molecular weight excluding hydrogens is 240 g/mol. The van der Waals surface area contributed by atoms with Crippen LogP contribution in [0.15, 0.2) is 36.5 Å². The van der Waals surface area contributed by atoms with Gasteiger partial charge in [0.2, 0.25) is 0 Å². The Morgan fingerprint density at radius 1 is 1.41 bits per heavy atom. The van der Waals surface area contributed by atoms with Crippen LogP contribution in [0.25, 0.3) is 0 Å². The number of amides is 1. The van der Waals surface area contributed by atoms with Crippen molar-refractivity contribution < 1.29 is 9.90 Å². The quantitative estimate of drug-likeness (QED) is 0.861. The number of aromatic nitrogens is 1. The molecule has 0 bridgehead atoms. The second-order valence-electron chi connectivity index (χ2n) is 3.62. The van der Waals surface area contributed by atoms with Crippen molar-refractivity contribution in [2.75, 3.05) is 5.32 Å². The van der Waals surface area contributed by atoms with E-state index in [0.29, 0.717) is 11.4 Å². The summed E-state index contributed by atoms with van der Waals surface area (Å²) in [5.41, 5.74) is 1.04. The largest absolute Gasteiger partial charge is 0.506 e. The zero-order chi connectivity index (χ0) is 12.4. The number of nitrogens with one attached hydrogen (secondary N) is 1. The maximum atomic E-state index is 11.8. The van der Waals surface area contributed by atoms with Crippen LogP contribution in [0.5, 0.6) is 5.75 Å². The third kappa shape index (κ3) is 2.42. The van der Waals surface area contributed by atoms with Crippen molar-refractivity contribution in [1.29, 1.82) is 0 Å². The van der Waals surface area contributed by atoms with E-state index in [-0.39, 0.29) is 16.7 Å². The van der Waals surface area contributed by atoms with E-state index in [0.717, 1.165) is 0 Å². The molecule has 88 valence electrons. The number of phenolic OH excluding ortho intramolecular Hbond substituents is 1. The van der Waals surface area contributed by atoms with Gasteiger partial charge in [0, 0.05) is 25.0 Å². The first kappa shape index (κ1) is 11.5. The summed E-state index contributed by atoms with van der Waals surface area (Å²) in [4.78, 5) is 11.8. The molecule has 0 saturated heterocycles. The van der Waals surface area contributed by atoms with E-state index in [1.807, 2.05) is 0 Å². The Labute approximate surface area is 103 Å². The Balaban J connectivity index is 2.19. The average molecular weight is 251 g/mol. The number of rotatable bonds is 2. The van der Waals surface area contributed by atoms with Gasteiger partial charge in [-0.3, -0.25) is 4.79 Å². The molecule has 1 amide bonds. The maximum Gasteiger partial charge on any atom is 0.272 e. The van der Waals surface area contributed by atoms with E-state index >= 15 is 0 Å². The Morgan fingerprint density at radius 2 is 2.18 bits per heavy atom. The number of nitrogens with zero attached hydrogens (tertiary/aromatic N) is 1. The van der Waals surface area contributed by atoms with Crippen LogP contribution in [-0.4, -0.2) is 15.6 Å². The van der Waals surface area contributed by atoms with Gasteiger partial charge in [0.25, 0.3) is 5.91 Å². The molecule has 0 aliphatic rings. The molecule has 0 fully saturated rings. The minimum absolute atomic E-state index is 0.0589. The number of anilines is 1. The van der Waals surface area contributed by atoms with Crippen molar-refractivity contribution in [1.82, 2.24) is 4.57 Å². The van der Waals surface area contributed by atoms with Crippen LogP contribution < -0.4 is 5.32 Å². The number of phenols is 1. The van der Waals surface area contributed by atoms with Gasteiger partial charge in [-0.15, -0.1) is 0 Å². The minimum Gasteiger partial charge on any atom is -0.506 e. The Morgan fingerprint density at radius 3 is 2.76 bits per heavy atom. The van der Waals surface area contributed by atoms with Gasteiger partial charge >= 0.3 is 0 Å². The summed E-state index contributed by atoms with van der Waals surface area (Å²) in [6.45, 7) is 0. The maximum absolute atomic E-state index is 11.8. The summed E-state index contributed by atoms with van der Waals surface area (Å²) in [6.07, 6.45) is 1.79. The fourth-order valence-electron chi connectivity index (χ4n) is 1.48. The highest BCUT2D eigenvalue weighted by Gasteiger charge is 2.09. The lowest BCUT2D eigenvalue weighted by molar-refractivity contribution is 0.101. The topological polar surface area (TPSA) is 54.3 Å². The summed E-state index contributed by atoms with van der Waals surface area (Å²) in [6, 6.07) is 8.06. The molecule has 4 nitrogen and oxygen atoms in total. The molecule has 2 N–H and O–H groups in total. The first-order chi connectivity index (χ1) is 8.08. The van der Waals surface area contributed by atoms with E-state index in [4.69, 9.17) is 11.6 Å². The molecule has 2 rings (SSSR count). The number of aromatic hydroxyl groups is 1. The summed E-state index contributed by atoms with van der Waals surface area (Å²) in [7, 11) is 1.79. The van der Waals surface area contributed by atoms with Crippen LogP contribution in [0.3, 0.4) is 0 Å². The first-order valence-electron chi connectivity index (χ1n) is 4.99. The molecule has 0 atom stereocenters. The van der Waals surface area contributed by atoms with Crippen LogP contribution in [0.2, 0.25) is 5.02 Å². The number of hydrogen-bond donors (Lipinski definition) is 2. The van der Waals surface area contributed by atoms with Crippen molar-refractivity contribution in [3.05, 3.63) is 47.2 Å². The molecule has 0 aliphatic heterocycles. The number of hydrogen-bond acceptors (Lipinski definition) is 2. The van der Waals surface area contributed by atoms with Gasteiger partial charge < -0.3 is 15.0 Å². The molecule has 17 heavy (non-hydrogen) atoms. The van der Waals surface area contributed by atoms with Crippen LogP contribution in [0.4, 0.5) is 5.69 Å². The second-order valence-corrected chi connectivity index (χ2v) is 4.03. The zero-order valence-corrected chi connectivity index (χ0v) is 9.90. The van der Waals surface area contributed by atoms with Gasteiger partial charge in [0.15, 0.2) is 0 Å². The van der Waals surface area contributed by atoms with Gasteiger partial charge in [0.1, 0.15) is 11.4 Å². The van der Waals surface area contributed by atoms with Gasteiger partial charge in [-0.25, -0.2) is 0 Å². The third-order valence-corrected chi connectivity index (χ3v) is 2.70. The molecule has 2 aromatic rings. The fourth-order valence-corrected chi connectivity index (χ4v) is 1.60. The highest BCUT2D eigenvalue weighted by molar-refractivity contribution is 6.32. The van der Waals surface area contributed by atoms with E-state index in [1.54, 1.807) is 36.0 Å². The molecule has 0 saturated carbocycles. The first-order valence-corrected chi connectivity index (χ1v) is 5.37. The smallest absolute Gasteiger partial charge is 0.272 e. The van der Waals surface area contributed by atoms with E-state index in [1.165, 1.54) is 12.1 Å². The Hall–Kier alpha value is -1.94. The highest BCUT2D eigenvalue weighted by atomic mass is 35.5. The van der Waals surface area contributed by atoms with Crippen molar-refractivity contribution in [2.24, 2.45) is 7.05 Å². The fraction of sp³-hybridized carbons (Fsp3) is 0.0833. The van der Waals surface area contributed by atoms with Gasteiger partial charge in [0.05, 0.1) is 5.02 Å². The highest BCUT2D eigenvalue weighted by Crippen LogP contribution is 2.26. The molecule has 1 aromatic heterocycles. The van der Waals surface area contributed by atoms with Crippen LogP contribution in [0.1, 0.15) is 10.5 Å². The predicted octanol–water partition coefficient (Wildman–Crippen LogP) is 2.64. The lowest BCUT2D eigenvalue weighted by Gasteiger charge is -2.07. The SMILES string of the molecule is Cn1cccc1C(=O)Nc1ccc(Cl)c(O)c1. The van der Waals surface area contributed by atoms with E-state index < -0.39 is 0 Å². The molecule has 0 spiro atoms. The standard InChI is InChI=1S/C12H11ClN2O2/c1-15-6-2-3-10(15)12(17)14-8-4-5-9(13)11(16)7-8/h2-7,16H,1H3,(H,14,17). The number of halogens is 1. The molecule has 0 unspecified atom stereocenters. The van der Waals surface area contributed by atoms with Gasteiger partial charge in [-0.2, -0.15) is 0 Å². The van der Waals surface area contributed by atoms with E-state index in [9.17, 15) is 9.90 Å². The Bertz CT molecular complexity index is 563. The molecule has 0 radical (unpaired) electrons. The van der Waals surface area contributed by atoms with Crippen molar-refractivity contribution >= 4 is 23.2 Å². The zero-order valence-electron chi connectivity index (χ0n) is 9.14. The predicted molar refractivity (Wildman–Crippen MR) is 66.5 cm³/mol. The Kier molecular flexibility index (Phi) is 3.06. The summed E-state index contributed by atoms with van der Waals surface area (Å²) < 4.78 is 1.71. The summed E-state index contributed by atoms with van der Waals surface area (Å²) in [5, 5.41) is 12.3. The van der Waals surface area contributed by atoms with Gasteiger partial charge in [-0.05, 0) is 24.3 Å². The normalized spacial score (nSPS) is 10.2. The molecular formula is C12H11ClN2O2. The third-order valence-electron chi connectivity index (χ3n) is 2.38. The minimum atomic E-state index is -0.237. The van der Waals surface area contributed by atoms with Crippen LogP contribution >= 0.6 is 11.6 Å². The lowest BCUT2D eigenvalue weighted by Crippen LogP contribution is -2.15. The number of benzene rings is 1. The van der Waals surface area contributed by atoms with Crippen LogP contribution in [0, 0.1) is 0 Å². The van der Waals surface area contributed by atoms with Crippen molar-refractivity contribution in [3.8, 4) is 5.75 Å². The van der Waals surface area contributed by atoms with Gasteiger partial charge in [-0.1, -0.05) is 11.6 Å². The number of aryl methyl sites for hydroxylation is 1. The number of carbonyl (C=O) groups is 1. The van der Waals surface area contributed by atoms with Crippen LogP contribution in [-0.2, 0) is 7.05 Å². The average Bonchev–Trinajstić information content (AvgIpc) is 2.70. The molecule has 5 heteroatoms. The second kappa shape index (κ2) is 4.51. The molecule has 0 aliphatic carbocycles. The monoisotopic (exact) mass is 250 g/mol. The van der Waals surface area contributed by atoms with Crippen molar-refractivity contribution in [2.45, 2.75) is 0 Å². The molecule has 1 heterocycles.